The number of carbonyl (C=O) groups excluding carboxylic acids is 2. The van der Waals surface area contributed by atoms with Gasteiger partial charge in [-0.3, -0.25) is 9.59 Å². The highest BCUT2D eigenvalue weighted by molar-refractivity contribution is 6.00. The molecule has 0 saturated heterocycles. The Balaban J connectivity index is 2.36. The van der Waals surface area contributed by atoms with Gasteiger partial charge >= 0.3 is 11.9 Å². The zero-order valence-electron chi connectivity index (χ0n) is 11.2. The number of ether oxygens (including phenoxy) is 2. The maximum absolute atomic E-state index is 12.2. The molecule has 2 atom stereocenters. The molecule has 0 N–H and O–H groups in total. The van der Waals surface area contributed by atoms with Crippen molar-refractivity contribution >= 4 is 11.9 Å². The second-order valence-corrected chi connectivity index (χ2v) is 5.50. The molecule has 0 amide bonds. The van der Waals surface area contributed by atoms with Gasteiger partial charge in [0.25, 0.3) is 0 Å². The highest BCUT2D eigenvalue weighted by Gasteiger charge is 2.58. The zero-order chi connectivity index (χ0) is 13.2. The van der Waals surface area contributed by atoms with Crippen molar-refractivity contribution in [3.8, 4) is 0 Å². The van der Waals surface area contributed by atoms with Crippen LogP contribution in [0.25, 0.3) is 0 Å². The van der Waals surface area contributed by atoms with Crippen molar-refractivity contribution in [2.24, 2.45) is 17.3 Å². The Bertz CT molecular complexity index is 319. The lowest BCUT2D eigenvalue weighted by atomic mass is 9.57. The van der Waals surface area contributed by atoms with Gasteiger partial charge in [0.05, 0.1) is 14.2 Å². The number of hydrogen-bond acceptors (Lipinski definition) is 4. The minimum atomic E-state index is -1.03. The van der Waals surface area contributed by atoms with E-state index in [2.05, 4.69) is 0 Å². The lowest BCUT2D eigenvalue weighted by molar-refractivity contribution is -0.181. The van der Waals surface area contributed by atoms with Gasteiger partial charge in [0.2, 0.25) is 0 Å². The third-order valence-electron chi connectivity index (χ3n) is 4.79. The predicted molar refractivity (Wildman–Crippen MR) is 65.8 cm³/mol. The maximum Gasteiger partial charge on any atom is 0.323 e. The molecular formula is C14H22O4. The topological polar surface area (TPSA) is 52.6 Å². The van der Waals surface area contributed by atoms with Crippen LogP contribution in [0.4, 0.5) is 0 Å². The summed E-state index contributed by atoms with van der Waals surface area (Å²) in [5.41, 5.74) is -1.03. The molecule has 18 heavy (non-hydrogen) atoms. The fraction of sp³-hybridized carbons (Fsp3) is 0.857. The number of methoxy groups -OCH3 is 2. The van der Waals surface area contributed by atoms with Gasteiger partial charge in [-0.15, -0.1) is 0 Å². The molecule has 0 radical (unpaired) electrons. The smallest absolute Gasteiger partial charge is 0.323 e. The largest absolute Gasteiger partial charge is 0.468 e. The van der Waals surface area contributed by atoms with Crippen molar-refractivity contribution in [1.29, 1.82) is 0 Å². The Morgan fingerprint density at radius 2 is 1.50 bits per heavy atom. The average molecular weight is 254 g/mol. The summed E-state index contributed by atoms with van der Waals surface area (Å²) in [6, 6.07) is 0. The summed E-state index contributed by atoms with van der Waals surface area (Å²) in [6.07, 6.45) is 6.98. The quantitative estimate of drug-likeness (QED) is 0.560. The highest BCUT2D eigenvalue weighted by atomic mass is 16.5. The third kappa shape index (κ3) is 1.91. The van der Waals surface area contributed by atoms with Crippen LogP contribution in [0.2, 0.25) is 0 Å². The summed E-state index contributed by atoms with van der Waals surface area (Å²) in [5, 5.41) is 0. The van der Waals surface area contributed by atoms with Gasteiger partial charge < -0.3 is 9.47 Å². The monoisotopic (exact) mass is 254 g/mol. The van der Waals surface area contributed by atoms with Gasteiger partial charge in [-0.2, -0.15) is 0 Å². The number of esters is 2. The van der Waals surface area contributed by atoms with Crippen LogP contribution in [-0.2, 0) is 19.1 Å². The molecule has 0 bridgehead atoms. The van der Waals surface area contributed by atoms with Crippen LogP contribution in [0.5, 0.6) is 0 Å². The Hall–Kier alpha value is -1.06. The Kier molecular flexibility index (Phi) is 3.93. The average Bonchev–Trinajstić information content (AvgIpc) is 2.44. The molecule has 2 aliphatic carbocycles. The Morgan fingerprint density at radius 3 is 2.11 bits per heavy atom. The molecule has 2 fully saturated rings. The highest BCUT2D eigenvalue weighted by Crippen LogP contribution is 2.52. The second-order valence-electron chi connectivity index (χ2n) is 5.50. The van der Waals surface area contributed by atoms with Crippen molar-refractivity contribution in [3.63, 3.8) is 0 Å². The molecule has 102 valence electrons. The first kappa shape index (κ1) is 13.4. The lowest BCUT2D eigenvalue weighted by Gasteiger charge is -2.46. The van der Waals surface area contributed by atoms with Gasteiger partial charge in [-0.05, 0) is 24.7 Å². The van der Waals surface area contributed by atoms with Crippen molar-refractivity contribution in [1.82, 2.24) is 0 Å². The maximum atomic E-state index is 12.2. The number of carbonyl (C=O) groups is 2. The summed E-state index contributed by atoms with van der Waals surface area (Å²) < 4.78 is 9.85. The molecule has 0 aromatic carbocycles. The van der Waals surface area contributed by atoms with Crippen LogP contribution >= 0.6 is 0 Å². The van der Waals surface area contributed by atoms with Crippen LogP contribution in [0, 0.1) is 17.3 Å². The van der Waals surface area contributed by atoms with E-state index in [0.29, 0.717) is 12.3 Å². The van der Waals surface area contributed by atoms with Gasteiger partial charge in [-0.1, -0.05) is 32.1 Å². The van der Waals surface area contributed by atoms with E-state index in [1.165, 1.54) is 20.6 Å². The Labute approximate surface area is 108 Å². The van der Waals surface area contributed by atoms with E-state index >= 15 is 0 Å². The van der Waals surface area contributed by atoms with E-state index in [0.717, 1.165) is 32.1 Å². The van der Waals surface area contributed by atoms with Crippen molar-refractivity contribution in [2.75, 3.05) is 14.2 Å². The van der Waals surface area contributed by atoms with E-state index in [4.69, 9.17) is 9.47 Å². The van der Waals surface area contributed by atoms with E-state index in [1.54, 1.807) is 0 Å². The number of hydrogen-bond donors (Lipinski definition) is 0. The van der Waals surface area contributed by atoms with E-state index < -0.39 is 17.4 Å². The first-order valence-electron chi connectivity index (χ1n) is 6.83. The SMILES string of the molecule is COC(=O)C1(C(=O)OC)CCCC2CCCCC21. The molecule has 0 aromatic rings. The zero-order valence-corrected chi connectivity index (χ0v) is 11.2. The fourth-order valence-electron chi connectivity index (χ4n) is 3.98. The van der Waals surface area contributed by atoms with E-state index in [9.17, 15) is 9.59 Å². The summed E-state index contributed by atoms with van der Waals surface area (Å²) in [4.78, 5) is 24.4. The summed E-state index contributed by atoms with van der Waals surface area (Å²) in [6.45, 7) is 0. The summed E-state index contributed by atoms with van der Waals surface area (Å²) >= 11 is 0. The second kappa shape index (κ2) is 5.29. The van der Waals surface area contributed by atoms with Crippen LogP contribution < -0.4 is 0 Å². The first-order chi connectivity index (χ1) is 8.66. The number of rotatable bonds is 2. The molecule has 0 spiro atoms. The molecular weight excluding hydrogens is 232 g/mol. The summed E-state index contributed by atoms with van der Waals surface area (Å²) in [5.74, 6) is -0.206. The molecule has 2 rings (SSSR count). The molecule has 0 heterocycles. The molecule has 2 saturated carbocycles. The van der Waals surface area contributed by atoms with Gasteiger partial charge in [0, 0.05) is 0 Å². The van der Waals surface area contributed by atoms with Gasteiger partial charge in [-0.25, -0.2) is 0 Å². The van der Waals surface area contributed by atoms with Crippen LogP contribution in [-0.4, -0.2) is 26.2 Å². The minimum absolute atomic E-state index is 0.111. The van der Waals surface area contributed by atoms with Crippen molar-refractivity contribution in [2.45, 2.75) is 44.9 Å². The molecule has 0 aromatic heterocycles. The van der Waals surface area contributed by atoms with Gasteiger partial charge in [0.15, 0.2) is 5.41 Å². The van der Waals surface area contributed by atoms with Crippen LogP contribution in [0.3, 0.4) is 0 Å². The predicted octanol–water partition coefficient (Wildman–Crippen LogP) is 2.31. The Morgan fingerprint density at radius 1 is 0.944 bits per heavy atom. The first-order valence-corrected chi connectivity index (χ1v) is 6.83. The lowest BCUT2D eigenvalue weighted by Crippen LogP contribution is -2.52. The standard InChI is InChI=1S/C14H22O4/c1-17-12(15)14(13(16)18-2)9-5-7-10-6-3-4-8-11(10)14/h10-11H,3-9H2,1-2H3. The molecule has 2 aliphatic rings. The molecule has 4 heteroatoms. The molecule has 2 unspecified atom stereocenters. The molecule has 0 aliphatic heterocycles. The van der Waals surface area contributed by atoms with Crippen LogP contribution in [0.1, 0.15) is 44.9 Å². The normalized spacial score (nSPS) is 30.1. The van der Waals surface area contributed by atoms with Gasteiger partial charge in [0.1, 0.15) is 0 Å². The number of fused-ring (bicyclic) bond motifs is 1. The third-order valence-corrected chi connectivity index (χ3v) is 4.79. The summed E-state index contributed by atoms with van der Waals surface area (Å²) in [7, 11) is 2.72. The van der Waals surface area contributed by atoms with Crippen LogP contribution in [0.15, 0.2) is 0 Å². The van der Waals surface area contributed by atoms with E-state index in [1.807, 2.05) is 0 Å². The van der Waals surface area contributed by atoms with Crippen molar-refractivity contribution < 1.29 is 19.1 Å². The van der Waals surface area contributed by atoms with E-state index in [-0.39, 0.29) is 5.92 Å². The van der Waals surface area contributed by atoms with Crippen molar-refractivity contribution in [3.05, 3.63) is 0 Å². The fourth-order valence-corrected chi connectivity index (χ4v) is 3.98. The molecule has 4 nitrogen and oxygen atoms in total. The minimum Gasteiger partial charge on any atom is -0.468 e.